The van der Waals surface area contributed by atoms with Crippen molar-refractivity contribution in [1.29, 1.82) is 0 Å². The first-order valence-corrected chi connectivity index (χ1v) is 18.7. The minimum Gasteiger partial charge on any atom is -0.494 e. The topological polar surface area (TPSA) is 127 Å². The van der Waals surface area contributed by atoms with Gasteiger partial charge in [-0.2, -0.15) is 0 Å². The highest BCUT2D eigenvalue weighted by molar-refractivity contribution is 6.03. The SMILES string of the molecule is CCCCCCOc1cc(CNC(=O)COCC(=O)N(CCCC)CCCC)cc(CNC(=O)C(OC)C(=O)N(CCCC)CCCC)c1. The molecule has 11 nitrogen and oxygen atoms in total. The molecule has 0 radical (unpaired) electrons. The number of unbranched alkanes of at least 4 members (excludes halogenated alkanes) is 7. The molecule has 1 rings (SSSR count). The Kier molecular flexibility index (Phi) is 24.7. The molecule has 0 spiro atoms. The summed E-state index contributed by atoms with van der Waals surface area (Å²) in [5.41, 5.74) is 1.55. The van der Waals surface area contributed by atoms with Gasteiger partial charge in [-0.1, -0.05) is 85.6 Å². The highest BCUT2D eigenvalue weighted by Crippen LogP contribution is 2.19. The van der Waals surface area contributed by atoms with Crippen LogP contribution in [-0.2, 0) is 41.7 Å². The zero-order chi connectivity index (χ0) is 36.3. The van der Waals surface area contributed by atoms with Crippen LogP contribution in [0.5, 0.6) is 5.75 Å². The molecule has 0 aliphatic rings. The van der Waals surface area contributed by atoms with E-state index < -0.39 is 12.0 Å². The second-order valence-electron chi connectivity index (χ2n) is 12.6. The number of carbonyl (C=O) groups excluding carboxylic acids is 4. The highest BCUT2D eigenvalue weighted by atomic mass is 16.5. The van der Waals surface area contributed by atoms with Crippen molar-refractivity contribution >= 4 is 23.6 Å². The fourth-order valence-corrected chi connectivity index (χ4v) is 5.17. The van der Waals surface area contributed by atoms with Crippen molar-refractivity contribution in [3.05, 3.63) is 29.3 Å². The van der Waals surface area contributed by atoms with E-state index in [-0.39, 0.29) is 44.0 Å². The lowest BCUT2D eigenvalue weighted by atomic mass is 10.1. The molecule has 49 heavy (non-hydrogen) atoms. The molecule has 0 bridgehead atoms. The summed E-state index contributed by atoms with van der Waals surface area (Å²) in [6, 6.07) is 5.62. The van der Waals surface area contributed by atoms with E-state index in [4.69, 9.17) is 14.2 Å². The molecule has 1 atom stereocenters. The van der Waals surface area contributed by atoms with Gasteiger partial charge < -0.3 is 34.6 Å². The first-order chi connectivity index (χ1) is 23.7. The summed E-state index contributed by atoms with van der Waals surface area (Å²) in [4.78, 5) is 55.3. The second kappa shape index (κ2) is 27.6. The smallest absolute Gasteiger partial charge is 0.261 e. The molecule has 1 aromatic rings. The summed E-state index contributed by atoms with van der Waals surface area (Å²) in [7, 11) is 1.38. The third-order valence-corrected chi connectivity index (χ3v) is 8.20. The lowest BCUT2D eigenvalue weighted by Gasteiger charge is -2.26. The summed E-state index contributed by atoms with van der Waals surface area (Å²) >= 11 is 0. The van der Waals surface area contributed by atoms with E-state index in [0.29, 0.717) is 38.5 Å². The number of rotatable bonds is 29. The molecule has 1 unspecified atom stereocenters. The summed E-state index contributed by atoms with van der Waals surface area (Å²) in [5.74, 6) is -0.622. The van der Waals surface area contributed by atoms with E-state index >= 15 is 0 Å². The molecule has 11 heteroatoms. The Balaban J connectivity index is 2.89. The zero-order valence-electron chi connectivity index (χ0n) is 31.4. The van der Waals surface area contributed by atoms with Crippen molar-refractivity contribution in [1.82, 2.24) is 20.4 Å². The molecule has 0 saturated heterocycles. The standard InChI is InChI=1S/C38H66N4O7/c1-7-12-17-18-23-49-33-25-31(27-39-34(43)29-48-30-35(44)41(19-13-8-2)20-14-9-3)24-32(26-33)28-40-37(45)36(47-6)38(46)42(21-15-10-4)22-16-11-5/h24-26,36H,7-23,27-30H2,1-6H3,(H,39,43)(H,40,45). The van der Waals surface area contributed by atoms with Crippen LogP contribution in [-0.4, -0.2) is 92.6 Å². The first kappa shape index (κ1) is 43.8. The molecule has 4 amide bonds. The lowest BCUT2D eigenvalue weighted by molar-refractivity contribution is -0.150. The van der Waals surface area contributed by atoms with Gasteiger partial charge in [0, 0.05) is 46.4 Å². The van der Waals surface area contributed by atoms with E-state index in [1.165, 1.54) is 7.11 Å². The largest absolute Gasteiger partial charge is 0.494 e. The second-order valence-corrected chi connectivity index (χ2v) is 12.6. The maximum absolute atomic E-state index is 13.3. The number of amides is 4. The van der Waals surface area contributed by atoms with Gasteiger partial charge in [-0.3, -0.25) is 19.2 Å². The van der Waals surface area contributed by atoms with Crippen LogP contribution in [0.15, 0.2) is 18.2 Å². The molecule has 280 valence electrons. The van der Waals surface area contributed by atoms with Gasteiger partial charge in [0.2, 0.25) is 17.9 Å². The van der Waals surface area contributed by atoms with Crippen LogP contribution in [0.25, 0.3) is 0 Å². The molecule has 1 aromatic carbocycles. The Morgan fingerprint density at radius 1 is 0.653 bits per heavy atom. The van der Waals surface area contributed by atoms with E-state index in [0.717, 1.165) is 88.2 Å². The first-order valence-electron chi connectivity index (χ1n) is 18.7. The molecule has 0 aliphatic heterocycles. The Hall–Kier alpha value is -3.18. The average Bonchev–Trinajstić information content (AvgIpc) is 3.10. The maximum atomic E-state index is 13.3. The Bertz CT molecular complexity index is 1070. The predicted octanol–water partition coefficient (Wildman–Crippen LogP) is 5.77. The summed E-state index contributed by atoms with van der Waals surface area (Å²) in [6.07, 6.45) is 10.5. The van der Waals surface area contributed by atoms with Crippen molar-refractivity contribution in [2.24, 2.45) is 0 Å². The van der Waals surface area contributed by atoms with Gasteiger partial charge in [-0.25, -0.2) is 0 Å². The van der Waals surface area contributed by atoms with Gasteiger partial charge >= 0.3 is 0 Å². The third-order valence-electron chi connectivity index (χ3n) is 8.20. The number of ether oxygens (including phenoxy) is 3. The normalized spacial score (nSPS) is 11.6. The summed E-state index contributed by atoms with van der Waals surface area (Å²) in [5, 5.41) is 5.72. The van der Waals surface area contributed by atoms with Crippen LogP contribution in [0.4, 0.5) is 0 Å². The van der Waals surface area contributed by atoms with Crippen LogP contribution < -0.4 is 15.4 Å². The van der Waals surface area contributed by atoms with Crippen molar-refractivity contribution in [2.75, 3.05) is 53.1 Å². The molecule has 0 saturated carbocycles. The fraction of sp³-hybridized carbons (Fsp3) is 0.737. The number of benzene rings is 1. The molecule has 0 fully saturated rings. The van der Waals surface area contributed by atoms with E-state index in [1.54, 1.807) is 4.90 Å². The number of carbonyl (C=O) groups is 4. The minimum absolute atomic E-state index is 0.0998. The summed E-state index contributed by atoms with van der Waals surface area (Å²) in [6.45, 7) is 13.6. The number of methoxy groups -OCH3 is 1. The van der Waals surface area contributed by atoms with Crippen molar-refractivity contribution in [3.63, 3.8) is 0 Å². The van der Waals surface area contributed by atoms with Gasteiger partial charge in [-0.15, -0.1) is 0 Å². The predicted molar refractivity (Wildman–Crippen MR) is 194 cm³/mol. The third kappa shape index (κ3) is 19.0. The quantitative estimate of drug-likeness (QED) is 0.0808. The molecule has 0 aliphatic carbocycles. The van der Waals surface area contributed by atoms with Gasteiger partial charge in [0.15, 0.2) is 0 Å². The van der Waals surface area contributed by atoms with Crippen LogP contribution >= 0.6 is 0 Å². The minimum atomic E-state index is -1.23. The van der Waals surface area contributed by atoms with E-state index in [1.807, 2.05) is 23.1 Å². The molecular formula is C38H66N4O7. The number of nitrogens with one attached hydrogen (secondary N) is 2. The molecule has 2 N–H and O–H groups in total. The van der Waals surface area contributed by atoms with E-state index in [9.17, 15) is 19.2 Å². The number of hydrogen-bond acceptors (Lipinski definition) is 7. The number of nitrogens with zero attached hydrogens (tertiary/aromatic N) is 2. The lowest BCUT2D eigenvalue weighted by Crippen LogP contribution is -2.48. The average molecular weight is 691 g/mol. The van der Waals surface area contributed by atoms with Gasteiger partial charge in [0.05, 0.1) is 6.61 Å². The maximum Gasteiger partial charge on any atom is 0.261 e. The highest BCUT2D eigenvalue weighted by Gasteiger charge is 2.30. The van der Waals surface area contributed by atoms with Crippen molar-refractivity contribution < 1.29 is 33.4 Å². The van der Waals surface area contributed by atoms with Gasteiger partial charge in [-0.05, 0) is 55.4 Å². The van der Waals surface area contributed by atoms with Crippen LogP contribution in [0.1, 0.15) is 123 Å². The number of hydrogen-bond donors (Lipinski definition) is 2. The van der Waals surface area contributed by atoms with Crippen molar-refractivity contribution in [2.45, 2.75) is 131 Å². The van der Waals surface area contributed by atoms with Crippen molar-refractivity contribution in [3.8, 4) is 5.75 Å². The van der Waals surface area contributed by atoms with E-state index in [2.05, 4.69) is 45.3 Å². The molecular weight excluding hydrogens is 624 g/mol. The van der Waals surface area contributed by atoms with Gasteiger partial charge in [0.1, 0.15) is 19.0 Å². The summed E-state index contributed by atoms with van der Waals surface area (Å²) < 4.78 is 16.9. The fourth-order valence-electron chi connectivity index (χ4n) is 5.17. The van der Waals surface area contributed by atoms with Crippen LogP contribution in [0, 0.1) is 0 Å². The van der Waals surface area contributed by atoms with Crippen LogP contribution in [0.2, 0.25) is 0 Å². The Labute approximate surface area is 296 Å². The zero-order valence-corrected chi connectivity index (χ0v) is 31.4. The van der Waals surface area contributed by atoms with Gasteiger partial charge in [0.25, 0.3) is 11.8 Å². The monoisotopic (exact) mass is 690 g/mol. The van der Waals surface area contributed by atoms with Crippen LogP contribution in [0.3, 0.4) is 0 Å². The Morgan fingerprint density at radius 2 is 1.18 bits per heavy atom. The Morgan fingerprint density at radius 3 is 1.71 bits per heavy atom. The molecule has 0 heterocycles. The molecule has 0 aromatic heterocycles.